The number of carbonyl (C=O) groups is 1. The third-order valence-electron chi connectivity index (χ3n) is 7.86. The van der Waals surface area contributed by atoms with Gasteiger partial charge in [0.15, 0.2) is 0 Å². The molecule has 172 valence electrons. The summed E-state index contributed by atoms with van der Waals surface area (Å²) in [6, 6.07) is 0.782. The quantitative estimate of drug-likeness (QED) is 0.649. The Morgan fingerprint density at radius 3 is 2.47 bits per heavy atom. The Kier molecular flexibility index (Phi) is 6.56. The molecule has 3 saturated heterocycles. The average molecular weight is 430 g/mol. The molecule has 1 saturated carbocycles. The Hall–Kier alpha value is -0.990. The van der Waals surface area contributed by atoms with Crippen molar-refractivity contribution in [3.05, 3.63) is 0 Å². The molecular formula is C22H37F2N3O3. The van der Waals surface area contributed by atoms with Crippen LogP contribution >= 0.6 is 0 Å². The van der Waals surface area contributed by atoms with Crippen LogP contribution in [0.2, 0.25) is 0 Å². The number of halogens is 2. The van der Waals surface area contributed by atoms with Gasteiger partial charge in [-0.25, -0.2) is 13.6 Å². The number of piperidine rings is 1. The van der Waals surface area contributed by atoms with Crippen molar-refractivity contribution in [2.45, 2.75) is 75.9 Å². The molecule has 1 aliphatic carbocycles. The molecule has 0 aromatic heterocycles. The van der Waals surface area contributed by atoms with Crippen molar-refractivity contribution in [3.63, 3.8) is 0 Å². The number of hydrogen-bond donors (Lipinski definition) is 0. The van der Waals surface area contributed by atoms with E-state index in [9.17, 15) is 13.6 Å². The zero-order valence-corrected chi connectivity index (χ0v) is 18.5. The fourth-order valence-corrected chi connectivity index (χ4v) is 6.29. The normalized spacial score (nSPS) is 35.1. The summed E-state index contributed by atoms with van der Waals surface area (Å²) in [6.45, 7) is 6.33. The second kappa shape index (κ2) is 8.87. The summed E-state index contributed by atoms with van der Waals surface area (Å²) in [6.07, 6.45) is 5.79. The first kappa shape index (κ1) is 22.2. The highest BCUT2D eigenvalue weighted by molar-refractivity contribution is 5.68. The van der Waals surface area contributed by atoms with Gasteiger partial charge in [-0.3, -0.25) is 4.90 Å². The van der Waals surface area contributed by atoms with Gasteiger partial charge < -0.3 is 19.3 Å². The molecule has 0 aromatic rings. The van der Waals surface area contributed by atoms with Gasteiger partial charge in [0, 0.05) is 51.4 Å². The van der Waals surface area contributed by atoms with Crippen LogP contribution in [0, 0.1) is 5.41 Å². The van der Waals surface area contributed by atoms with E-state index in [0.717, 1.165) is 58.3 Å². The number of nitrogens with zero attached hydrogens (tertiary/aromatic N) is 3. The lowest BCUT2D eigenvalue weighted by atomic mass is 9.64. The Labute approximate surface area is 178 Å². The fraction of sp³-hybridized carbons (Fsp3) is 0.955. The van der Waals surface area contributed by atoms with Crippen molar-refractivity contribution >= 4 is 6.09 Å². The van der Waals surface area contributed by atoms with Gasteiger partial charge in [0.1, 0.15) is 0 Å². The second-order valence-electron chi connectivity index (χ2n) is 9.87. The van der Waals surface area contributed by atoms with E-state index in [1.807, 2.05) is 11.8 Å². The Morgan fingerprint density at radius 1 is 1.07 bits per heavy atom. The summed E-state index contributed by atoms with van der Waals surface area (Å²) in [5, 5.41) is 0. The van der Waals surface area contributed by atoms with Gasteiger partial charge in [-0.2, -0.15) is 0 Å². The third kappa shape index (κ3) is 4.60. The fourth-order valence-electron chi connectivity index (χ4n) is 6.29. The van der Waals surface area contributed by atoms with Crippen LogP contribution in [-0.2, 0) is 9.47 Å². The molecule has 4 aliphatic rings. The zero-order valence-electron chi connectivity index (χ0n) is 18.5. The molecule has 3 heterocycles. The Bertz CT molecular complexity index is 606. The van der Waals surface area contributed by atoms with Crippen molar-refractivity contribution in [2.24, 2.45) is 5.41 Å². The minimum Gasteiger partial charge on any atom is -0.450 e. The van der Waals surface area contributed by atoms with Gasteiger partial charge in [0.05, 0.1) is 13.2 Å². The summed E-state index contributed by atoms with van der Waals surface area (Å²) in [7, 11) is 1.64. The maximum atomic E-state index is 14.1. The molecule has 4 fully saturated rings. The van der Waals surface area contributed by atoms with E-state index in [-0.39, 0.29) is 36.6 Å². The highest BCUT2D eigenvalue weighted by Gasteiger charge is 2.52. The summed E-state index contributed by atoms with van der Waals surface area (Å²) >= 11 is 0. The van der Waals surface area contributed by atoms with E-state index in [0.29, 0.717) is 25.7 Å². The number of methoxy groups -OCH3 is 1. The van der Waals surface area contributed by atoms with Crippen LogP contribution in [0.3, 0.4) is 0 Å². The zero-order chi connectivity index (χ0) is 21.4. The first-order valence-electron chi connectivity index (χ1n) is 11.6. The maximum Gasteiger partial charge on any atom is 0.409 e. The van der Waals surface area contributed by atoms with E-state index in [4.69, 9.17) is 9.47 Å². The van der Waals surface area contributed by atoms with Crippen molar-refractivity contribution < 1.29 is 23.0 Å². The van der Waals surface area contributed by atoms with Gasteiger partial charge in [0.25, 0.3) is 5.92 Å². The standard InChI is InChI=1S/C22H37F2N3O3/c1-3-30-20(28)26-10-7-21(15-26)12-19(13-21)25-8-4-17(5-9-25)27-16-22(23,24)14-18(27)6-11-29-2/h17-19H,3-16H2,1-2H3/t18-,19?,21?/m0/s1. The number of alkyl halides is 2. The molecule has 0 radical (unpaired) electrons. The van der Waals surface area contributed by atoms with Crippen LogP contribution in [0.5, 0.6) is 0 Å². The van der Waals surface area contributed by atoms with E-state index in [1.165, 1.54) is 0 Å². The number of carbonyl (C=O) groups excluding carboxylic acids is 1. The number of hydrogen-bond acceptors (Lipinski definition) is 5. The van der Waals surface area contributed by atoms with Gasteiger partial charge in [-0.05, 0) is 64.0 Å². The van der Waals surface area contributed by atoms with Gasteiger partial charge in [0.2, 0.25) is 0 Å². The molecule has 0 N–H and O–H groups in total. The number of likely N-dealkylation sites (tertiary alicyclic amines) is 3. The van der Waals surface area contributed by atoms with Crippen LogP contribution in [0.1, 0.15) is 51.9 Å². The predicted octanol–water partition coefficient (Wildman–Crippen LogP) is 3.21. The highest BCUT2D eigenvalue weighted by Crippen LogP contribution is 2.50. The van der Waals surface area contributed by atoms with E-state index >= 15 is 0 Å². The smallest absolute Gasteiger partial charge is 0.409 e. The molecule has 6 nitrogen and oxygen atoms in total. The van der Waals surface area contributed by atoms with E-state index in [2.05, 4.69) is 9.80 Å². The molecule has 1 amide bonds. The first-order chi connectivity index (χ1) is 14.3. The molecule has 4 rings (SSSR count). The van der Waals surface area contributed by atoms with Gasteiger partial charge >= 0.3 is 6.09 Å². The lowest BCUT2D eigenvalue weighted by Crippen LogP contribution is -2.56. The average Bonchev–Trinajstić information content (AvgIpc) is 3.27. The molecule has 3 aliphatic heterocycles. The van der Waals surface area contributed by atoms with Crippen molar-refractivity contribution in [2.75, 3.05) is 53.0 Å². The largest absolute Gasteiger partial charge is 0.450 e. The van der Waals surface area contributed by atoms with Crippen LogP contribution in [0.4, 0.5) is 13.6 Å². The summed E-state index contributed by atoms with van der Waals surface area (Å²) in [4.78, 5) is 18.5. The van der Waals surface area contributed by atoms with Crippen molar-refractivity contribution in [1.29, 1.82) is 0 Å². The molecule has 1 atom stereocenters. The topological polar surface area (TPSA) is 45.2 Å². The summed E-state index contributed by atoms with van der Waals surface area (Å²) < 4.78 is 38.4. The van der Waals surface area contributed by atoms with Gasteiger partial charge in [-0.1, -0.05) is 0 Å². The molecule has 0 aromatic carbocycles. The monoisotopic (exact) mass is 429 g/mol. The maximum absolute atomic E-state index is 14.1. The predicted molar refractivity (Wildman–Crippen MR) is 110 cm³/mol. The minimum atomic E-state index is -2.57. The first-order valence-corrected chi connectivity index (χ1v) is 11.6. The molecule has 30 heavy (non-hydrogen) atoms. The SMILES string of the molecule is CCOC(=O)N1CCC2(CC(N3CCC(N4CC(F)(F)C[C@@H]4CCOC)CC3)C2)C1. The number of amides is 1. The molecule has 8 heteroatoms. The van der Waals surface area contributed by atoms with E-state index < -0.39 is 5.92 Å². The Balaban J connectivity index is 1.24. The van der Waals surface area contributed by atoms with Crippen molar-refractivity contribution in [3.8, 4) is 0 Å². The van der Waals surface area contributed by atoms with E-state index in [1.54, 1.807) is 7.11 Å². The highest BCUT2D eigenvalue weighted by atomic mass is 19.3. The summed E-state index contributed by atoms with van der Waals surface area (Å²) in [5.74, 6) is -2.57. The summed E-state index contributed by atoms with van der Waals surface area (Å²) in [5.41, 5.74) is 0.274. The second-order valence-corrected chi connectivity index (χ2v) is 9.87. The van der Waals surface area contributed by atoms with Crippen LogP contribution in [0.25, 0.3) is 0 Å². The molecule has 0 bridgehead atoms. The number of ether oxygens (including phenoxy) is 2. The lowest BCUT2D eigenvalue weighted by Gasteiger charge is -2.52. The Morgan fingerprint density at radius 2 is 1.80 bits per heavy atom. The minimum absolute atomic E-state index is 0.0291. The van der Waals surface area contributed by atoms with Crippen molar-refractivity contribution in [1.82, 2.24) is 14.7 Å². The third-order valence-corrected chi connectivity index (χ3v) is 7.86. The van der Waals surface area contributed by atoms with Gasteiger partial charge in [-0.15, -0.1) is 0 Å². The molecule has 1 spiro atoms. The molecule has 0 unspecified atom stereocenters. The van der Waals surface area contributed by atoms with Crippen LogP contribution in [0.15, 0.2) is 0 Å². The molecular weight excluding hydrogens is 392 g/mol. The number of rotatable bonds is 6. The van der Waals surface area contributed by atoms with Crippen LogP contribution in [-0.4, -0.2) is 97.9 Å². The van der Waals surface area contributed by atoms with Crippen LogP contribution < -0.4 is 0 Å². The lowest BCUT2D eigenvalue weighted by molar-refractivity contribution is -0.0251.